The van der Waals surface area contributed by atoms with Gasteiger partial charge < -0.3 is 15.2 Å². The van der Waals surface area contributed by atoms with Crippen LogP contribution in [0.3, 0.4) is 0 Å². The fourth-order valence-electron chi connectivity index (χ4n) is 3.34. The Morgan fingerprint density at radius 2 is 1.37 bits per heavy atom. The van der Waals surface area contributed by atoms with Gasteiger partial charge in [-0.25, -0.2) is 0 Å². The van der Waals surface area contributed by atoms with Crippen LogP contribution in [0.5, 0.6) is 0 Å². The number of hydrogen-bond acceptors (Lipinski definition) is 3. The first-order valence-electron chi connectivity index (χ1n) is 11.4. The molecule has 0 atom stereocenters. The van der Waals surface area contributed by atoms with E-state index in [9.17, 15) is 14.7 Å². The first kappa shape index (κ1) is 28.9. The number of amides is 1. The third kappa shape index (κ3) is 14.8. The molecule has 0 aliphatic heterocycles. The molecule has 5 heteroatoms. The summed E-state index contributed by atoms with van der Waals surface area (Å²) in [5.74, 6) is -1.42. The molecule has 1 rings (SSSR count). The molecular formula is C25H38NNaO3. The number of carbonyl (C=O) groups excluding carboxylic acids is 2. The number of benzene rings is 1. The van der Waals surface area contributed by atoms with E-state index in [4.69, 9.17) is 0 Å². The normalized spacial score (nSPS) is 10.7. The Balaban J connectivity index is 0.00000841. The summed E-state index contributed by atoms with van der Waals surface area (Å²) in [6.07, 6.45) is 20.9. The van der Waals surface area contributed by atoms with Crippen molar-refractivity contribution in [2.75, 3.05) is 5.32 Å². The number of rotatable bonds is 17. The SMILES string of the molecule is CCCCCCCC/C=C\CCCCCCCC(=O)Nc1ccccc1C(=O)[O-].[Na+]. The summed E-state index contributed by atoms with van der Waals surface area (Å²) >= 11 is 0. The van der Waals surface area contributed by atoms with E-state index in [0.29, 0.717) is 12.1 Å². The predicted molar refractivity (Wildman–Crippen MR) is 119 cm³/mol. The smallest absolute Gasteiger partial charge is 0.545 e. The van der Waals surface area contributed by atoms with Gasteiger partial charge in [-0.05, 0) is 38.2 Å². The number of unbranched alkanes of at least 4 members (excludes halogenated alkanes) is 11. The van der Waals surface area contributed by atoms with E-state index in [0.717, 1.165) is 25.7 Å². The van der Waals surface area contributed by atoms with E-state index >= 15 is 0 Å². The van der Waals surface area contributed by atoms with E-state index in [-0.39, 0.29) is 41.0 Å². The zero-order valence-corrected chi connectivity index (χ0v) is 21.1. The molecule has 0 heterocycles. The first-order chi connectivity index (χ1) is 14.1. The summed E-state index contributed by atoms with van der Waals surface area (Å²) < 4.78 is 0. The molecule has 1 aromatic carbocycles. The molecular weight excluding hydrogens is 385 g/mol. The minimum absolute atomic E-state index is 0. The Labute approximate surface area is 205 Å². The van der Waals surface area contributed by atoms with Crippen LogP contribution >= 0.6 is 0 Å². The van der Waals surface area contributed by atoms with E-state index in [1.54, 1.807) is 18.2 Å². The van der Waals surface area contributed by atoms with Crippen molar-refractivity contribution >= 4 is 17.6 Å². The third-order valence-corrected chi connectivity index (χ3v) is 5.09. The third-order valence-electron chi connectivity index (χ3n) is 5.09. The van der Waals surface area contributed by atoms with Crippen LogP contribution in [0.15, 0.2) is 36.4 Å². The van der Waals surface area contributed by atoms with Crippen LogP contribution in [-0.4, -0.2) is 11.9 Å². The van der Waals surface area contributed by atoms with Gasteiger partial charge in [-0.1, -0.05) is 88.6 Å². The van der Waals surface area contributed by atoms with Crippen molar-refractivity contribution < 1.29 is 44.3 Å². The zero-order valence-electron chi connectivity index (χ0n) is 19.1. The maximum Gasteiger partial charge on any atom is 1.00 e. The first-order valence-corrected chi connectivity index (χ1v) is 11.4. The number of aromatic carboxylic acids is 1. The van der Waals surface area contributed by atoms with Gasteiger partial charge in [-0.15, -0.1) is 0 Å². The van der Waals surface area contributed by atoms with Crippen molar-refractivity contribution in [3.05, 3.63) is 42.0 Å². The molecule has 4 nitrogen and oxygen atoms in total. The molecule has 0 aliphatic rings. The van der Waals surface area contributed by atoms with Gasteiger partial charge in [-0.2, -0.15) is 0 Å². The van der Waals surface area contributed by atoms with Gasteiger partial charge in [-0.3, -0.25) is 4.79 Å². The summed E-state index contributed by atoms with van der Waals surface area (Å²) in [5, 5.41) is 13.7. The minimum atomic E-state index is -1.28. The molecule has 0 aliphatic carbocycles. The Hall–Kier alpha value is -1.10. The average Bonchev–Trinajstić information content (AvgIpc) is 2.71. The van der Waals surface area contributed by atoms with Gasteiger partial charge in [0.15, 0.2) is 0 Å². The second-order valence-corrected chi connectivity index (χ2v) is 7.72. The zero-order chi connectivity index (χ0) is 21.2. The van der Waals surface area contributed by atoms with Gasteiger partial charge in [0, 0.05) is 17.7 Å². The number of hydrogen-bond donors (Lipinski definition) is 1. The summed E-state index contributed by atoms with van der Waals surface area (Å²) in [6.45, 7) is 2.25. The Bertz CT molecular complexity index is 616. The molecule has 0 radical (unpaired) electrons. The summed E-state index contributed by atoms with van der Waals surface area (Å²) in [4.78, 5) is 23.0. The predicted octanol–water partition coefficient (Wildman–Crippen LogP) is 3.03. The molecule has 30 heavy (non-hydrogen) atoms. The fourth-order valence-corrected chi connectivity index (χ4v) is 3.34. The van der Waals surface area contributed by atoms with Gasteiger partial charge in [0.05, 0.1) is 5.97 Å². The Morgan fingerprint density at radius 1 is 0.833 bits per heavy atom. The number of carboxylic acid groups (broad SMARTS) is 1. The molecule has 162 valence electrons. The number of para-hydroxylation sites is 1. The van der Waals surface area contributed by atoms with Crippen LogP contribution in [0.25, 0.3) is 0 Å². The standard InChI is InChI=1S/C25H39NO3.Na/c1-2-3-4-5-6-7-8-9-10-11-12-13-14-15-16-21-24(27)26-23-20-18-17-19-22(23)25(28)29;/h9-10,17-20H,2-8,11-16,21H2,1H3,(H,26,27)(H,28,29);/q;+1/p-1/b10-9-;. The van der Waals surface area contributed by atoms with Gasteiger partial charge >= 0.3 is 29.6 Å². The number of allylic oxidation sites excluding steroid dienone is 2. The van der Waals surface area contributed by atoms with Crippen LogP contribution in [0.4, 0.5) is 5.69 Å². The largest absolute Gasteiger partial charge is 1.00 e. The number of nitrogens with one attached hydrogen (secondary N) is 1. The van der Waals surface area contributed by atoms with E-state index in [2.05, 4.69) is 24.4 Å². The summed E-state index contributed by atoms with van der Waals surface area (Å²) in [5.41, 5.74) is 0.329. The number of carboxylic acids is 1. The number of carbonyl (C=O) groups is 2. The summed E-state index contributed by atoms with van der Waals surface area (Å²) in [6, 6.07) is 6.34. The topological polar surface area (TPSA) is 69.2 Å². The maximum atomic E-state index is 12.0. The molecule has 1 aromatic rings. The molecule has 0 aromatic heterocycles. The molecule has 1 N–H and O–H groups in total. The van der Waals surface area contributed by atoms with Crippen LogP contribution in [0.2, 0.25) is 0 Å². The van der Waals surface area contributed by atoms with Gasteiger partial charge in [0.25, 0.3) is 0 Å². The molecule has 0 saturated carbocycles. The maximum absolute atomic E-state index is 12.0. The van der Waals surface area contributed by atoms with Crippen molar-refractivity contribution in [2.24, 2.45) is 0 Å². The average molecular weight is 424 g/mol. The van der Waals surface area contributed by atoms with E-state index in [1.807, 2.05) is 0 Å². The molecule has 1 amide bonds. The van der Waals surface area contributed by atoms with Crippen LogP contribution < -0.4 is 40.0 Å². The van der Waals surface area contributed by atoms with Crippen LogP contribution in [-0.2, 0) is 4.79 Å². The molecule has 0 saturated heterocycles. The molecule has 0 bridgehead atoms. The summed E-state index contributed by atoms with van der Waals surface area (Å²) in [7, 11) is 0. The fraction of sp³-hybridized carbons (Fsp3) is 0.600. The van der Waals surface area contributed by atoms with Crippen molar-refractivity contribution in [3.63, 3.8) is 0 Å². The monoisotopic (exact) mass is 423 g/mol. The Morgan fingerprint density at radius 3 is 1.97 bits per heavy atom. The Kier molecular flexibility index (Phi) is 19.1. The molecule has 0 unspecified atom stereocenters. The molecule has 0 spiro atoms. The van der Waals surface area contributed by atoms with Gasteiger partial charge in [0.1, 0.15) is 0 Å². The van der Waals surface area contributed by atoms with Crippen molar-refractivity contribution in [3.8, 4) is 0 Å². The quantitative estimate of drug-likeness (QED) is 0.238. The van der Waals surface area contributed by atoms with Crippen molar-refractivity contribution in [2.45, 2.75) is 96.8 Å². The van der Waals surface area contributed by atoms with E-state index < -0.39 is 5.97 Å². The van der Waals surface area contributed by atoms with Crippen LogP contribution in [0, 0.1) is 0 Å². The second-order valence-electron chi connectivity index (χ2n) is 7.72. The molecule has 0 fully saturated rings. The van der Waals surface area contributed by atoms with Crippen LogP contribution in [0.1, 0.15) is 107 Å². The van der Waals surface area contributed by atoms with Crippen molar-refractivity contribution in [1.82, 2.24) is 0 Å². The number of anilines is 1. The van der Waals surface area contributed by atoms with Crippen molar-refractivity contribution in [1.29, 1.82) is 0 Å². The van der Waals surface area contributed by atoms with Gasteiger partial charge in [0.2, 0.25) is 5.91 Å². The second kappa shape index (κ2) is 19.8. The minimum Gasteiger partial charge on any atom is -0.545 e. The van der Waals surface area contributed by atoms with E-state index in [1.165, 1.54) is 63.9 Å².